The Morgan fingerprint density at radius 1 is 1.45 bits per heavy atom. The Morgan fingerprint density at radius 3 is 3.00 bits per heavy atom. The lowest BCUT2D eigenvalue weighted by molar-refractivity contribution is 0.567. The second kappa shape index (κ2) is 6.80. The standard InChI is InChI=1S/C17H22N2S/c1-5-15-8-6-7-9-16(15)18-14(3)17-12-20-11-10-13(2)19(17)4/h7,9-12H,2,5-6,8H2,1,3-4H3/b18-14+. The van der Waals surface area contributed by atoms with Gasteiger partial charge in [0, 0.05) is 18.2 Å². The number of hydrogen-bond donors (Lipinski definition) is 0. The van der Waals surface area contributed by atoms with Crippen LogP contribution in [0.3, 0.4) is 0 Å². The topological polar surface area (TPSA) is 15.6 Å². The first-order chi connectivity index (χ1) is 9.63. The molecule has 1 aliphatic heterocycles. The summed E-state index contributed by atoms with van der Waals surface area (Å²) in [5.41, 5.74) is 5.73. The first-order valence-corrected chi connectivity index (χ1v) is 7.96. The van der Waals surface area contributed by atoms with Crippen LogP contribution in [0.15, 0.2) is 63.3 Å². The van der Waals surface area contributed by atoms with Gasteiger partial charge in [-0.3, -0.25) is 4.99 Å². The Kier molecular flexibility index (Phi) is 5.07. The lowest BCUT2D eigenvalue weighted by Crippen LogP contribution is -2.20. The highest BCUT2D eigenvalue weighted by Crippen LogP contribution is 2.26. The van der Waals surface area contributed by atoms with E-state index in [0.29, 0.717) is 0 Å². The van der Waals surface area contributed by atoms with Crippen molar-refractivity contribution in [3.8, 4) is 0 Å². The minimum atomic E-state index is 0.986. The third-order valence-electron chi connectivity index (χ3n) is 3.65. The van der Waals surface area contributed by atoms with Gasteiger partial charge in [0.25, 0.3) is 0 Å². The number of likely N-dealkylation sites (N-methyl/N-ethyl adjacent to an activating group) is 1. The van der Waals surface area contributed by atoms with Crippen LogP contribution in [0.4, 0.5) is 0 Å². The average Bonchev–Trinajstić information content (AvgIpc) is 2.62. The zero-order valence-corrected chi connectivity index (χ0v) is 13.3. The van der Waals surface area contributed by atoms with Gasteiger partial charge in [0.05, 0.1) is 17.1 Å². The van der Waals surface area contributed by atoms with Gasteiger partial charge >= 0.3 is 0 Å². The zero-order valence-electron chi connectivity index (χ0n) is 12.5. The Hall–Kier alpha value is -1.48. The quantitative estimate of drug-likeness (QED) is 0.678. The molecule has 0 aromatic rings. The molecule has 0 spiro atoms. The van der Waals surface area contributed by atoms with Gasteiger partial charge in [-0.25, -0.2) is 0 Å². The van der Waals surface area contributed by atoms with E-state index in [1.165, 1.54) is 5.57 Å². The summed E-state index contributed by atoms with van der Waals surface area (Å²) in [6.45, 7) is 8.35. The molecule has 2 nitrogen and oxygen atoms in total. The van der Waals surface area contributed by atoms with E-state index in [0.717, 1.165) is 42.1 Å². The van der Waals surface area contributed by atoms with Crippen LogP contribution in [0.1, 0.15) is 33.1 Å². The molecule has 1 heterocycles. The number of thioether (sulfide) groups is 1. The number of allylic oxidation sites excluding steroid dienone is 5. The fraction of sp³-hybridized carbons (Fsp3) is 0.353. The normalized spacial score (nSPS) is 20.4. The van der Waals surface area contributed by atoms with E-state index in [2.05, 4.69) is 48.3 Å². The molecule has 3 heteroatoms. The van der Waals surface area contributed by atoms with Crippen LogP contribution < -0.4 is 0 Å². The SMILES string of the molecule is C=C1C=CSC=C(/C(C)=N/C2=C(CC)CCC=C2)N1C. The van der Waals surface area contributed by atoms with Gasteiger partial charge in [0.2, 0.25) is 0 Å². The summed E-state index contributed by atoms with van der Waals surface area (Å²) in [5.74, 6) is 0. The molecule has 0 atom stereocenters. The van der Waals surface area contributed by atoms with Gasteiger partial charge in [-0.2, -0.15) is 0 Å². The van der Waals surface area contributed by atoms with Crippen LogP contribution in [0, 0.1) is 0 Å². The van der Waals surface area contributed by atoms with Crippen LogP contribution in [0.5, 0.6) is 0 Å². The Labute approximate surface area is 126 Å². The summed E-state index contributed by atoms with van der Waals surface area (Å²) in [4.78, 5) is 6.95. The molecule has 1 aliphatic carbocycles. The summed E-state index contributed by atoms with van der Waals surface area (Å²) in [6, 6.07) is 0. The van der Waals surface area contributed by atoms with E-state index >= 15 is 0 Å². The van der Waals surface area contributed by atoms with E-state index in [1.807, 2.05) is 13.1 Å². The summed E-state index contributed by atoms with van der Waals surface area (Å²) in [5, 5.41) is 4.18. The summed E-state index contributed by atoms with van der Waals surface area (Å²) in [7, 11) is 2.04. The molecule has 0 saturated carbocycles. The molecule has 0 N–H and O–H groups in total. The fourth-order valence-corrected chi connectivity index (χ4v) is 3.08. The maximum atomic E-state index is 4.86. The smallest absolute Gasteiger partial charge is 0.0691 e. The molecule has 2 rings (SSSR count). The van der Waals surface area contributed by atoms with Crippen molar-refractivity contribution in [3.05, 3.63) is 58.3 Å². The van der Waals surface area contributed by atoms with Crippen LogP contribution in [0.25, 0.3) is 0 Å². The van der Waals surface area contributed by atoms with E-state index < -0.39 is 0 Å². The number of hydrogen-bond acceptors (Lipinski definition) is 3. The number of rotatable bonds is 3. The number of nitrogens with zero attached hydrogens (tertiary/aromatic N) is 2. The first-order valence-electron chi connectivity index (χ1n) is 7.02. The van der Waals surface area contributed by atoms with Gasteiger partial charge < -0.3 is 4.90 Å². The molecule has 0 radical (unpaired) electrons. The maximum Gasteiger partial charge on any atom is 0.0691 e. The van der Waals surface area contributed by atoms with Crippen LogP contribution in [-0.2, 0) is 0 Å². The maximum absolute atomic E-state index is 4.86. The molecule has 2 aliphatic rings. The van der Waals surface area contributed by atoms with Gasteiger partial charge in [0.1, 0.15) is 0 Å². The van der Waals surface area contributed by atoms with Crippen LogP contribution in [-0.4, -0.2) is 17.7 Å². The zero-order chi connectivity index (χ0) is 14.5. The molecular weight excluding hydrogens is 264 g/mol. The van der Waals surface area contributed by atoms with Crippen LogP contribution in [0.2, 0.25) is 0 Å². The molecule has 0 unspecified atom stereocenters. The summed E-state index contributed by atoms with van der Waals surface area (Å²) >= 11 is 1.67. The average molecular weight is 286 g/mol. The lowest BCUT2D eigenvalue weighted by atomic mass is 10.0. The van der Waals surface area contributed by atoms with E-state index in [-0.39, 0.29) is 0 Å². The highest BCUT2D eigenvalue weighted by molar-refractivity contribution is 8.04. The molecule has 20 heavy (non-hydrogen) atoms. The lowest BCUT2D eigenvalue weighted by Gasteiger charge is -2.22. The molecule has 106 valence electrons. The summed E-state index contributed by atoms with van der Waals surface area (Å²) in [6.07, 6.45) is 9.75. The first kappa shape index (κ1) is 14.9. The van der Waals surface area contributed by atoms with Crippen molar-refractivity contribution in [2.24, 2.45) is 4.99 Å². The van der Waals surface area contributed by atoms with E-state index in [9.17, 15) is 0 Å². The fourth-order valence-electron chi connectivity index (χ4n) is 2.31. The highest BCUT2D eigenvalue weighted by Gasteiger charge is 2.13. The van der Waals surface area contributed by atoms with Crippen molar-refractivity contribution < 1.29 is 0 Å². The monoisotopic (exact) mass is 286 g/mol. The molecule has 0 amide bonds. The molecule has 0 aromatic heterocycles. The largest absolute Gasteiger partial charge is 0.343 e. The van der Waals surface area contributed by atoms with Gasteiger partial charge in [-0.05, 0) is 49.3 Å². The predicted octanol–water partition coefficient (Wildman–Crippen LogP) is 5.01. The third kappa shape index (κ3) is 3.34. The third-order valence-corrected chi connectivity index (χ3v) is 4.30. The van der Waals surface area contributed by atoms with Crippen molar-refractivity contribution in [2.45, 2.75) is 33.1 Å². The van der Waals surface area contributed by atoms with Crippen molar-refractivity contribution >= 4 is 17.5 Å². The molecule has 0 aromatic carbocycles. The van der Waals surface area contributed by atoms with Gasteiger partial charge in [-0.1, -0.05) is 19.6 Å². The van der Waals surface area contributed by atoms with Crippen molar-refractivity contribution in [2.75, 3.05) is 7.05 Å². The van der Waals surface area contributed by atoms with Gasteiger partial charge in [-0.15, -0.1) is 11.8 Å². The Bertz CT molecular complexity index is 547. The summed E-state index contributed by atoms with van der Waals surface area (Å²) < 4.78 is 0. The minimum absolute atomic E-state index is 0.986. The molecule has 0 saturated heterocycles. The predicted molar refractivity (Wildman–Crippen MR) is 90.5 cm³/mol. The second-order valence-electron chi connectivity index (χ2n) is 4.97. The highest BCUT2D eigenvalue weighted by atomic mass is 32.2. The molecule has 0 fully saturated rings. The van der Waals surface area contributed by atoms with Crippen molar-refractivity contribution in [1.82, 2.24) is 4.90 Å². The number of aliphatic imine (C=N–C) groups is 1. The molecular formula is C17H22N2S. The Morgan fingerprint density at radius 2 is 2.25 bits per heavy atom. The van der Waals surface area contributed by atoms with E-state index in [1.54, 1.807) is 11.8 Å². The van der Waals surface area contributed by atoms with Crippen molar-refractivity contribution in [3.63, 3.8) is 0 Å². The Balaban J connectivity index is 2.30. The van der Waals surface area contributed by atoms with E-state index in [4.69, 9.17) is 4.99 Å². The minimum Gasteiger partial charge on any atom is -0.343 e. The molecule has 0 bridgehead atoms. The second-order valence-corrected chi connectivity index (χ2v) is 5.75. The van der Waals surface area contributed by atoms with Crippen LogP contribution >= 0.6 is 11.8 Å². The van der Waals surface area contributed by atoms with Gasteiger partial charge in [0.15, 0.2) is 0 Å². The van der Waals surface area contributed by atoms with Crippen molar-refractivity contribution in [1.29, 1.82) is 0 Å².